The lowest BCUT2D eigenvalue weighted by atomic mass is 9.77. The molecule has 1 aromatic heterocycles. The van der Waals surface area contributed by atoms with E-state index in [2.05, 4.69) is 51.6 Å². The second-order valence-electron chi connectivity index (χ2n) is 9.23. The second kappa shape index (κ2) is 8.38. The van der Waals surface area contributed by atoms with E-state index < -0.39 is 0 Å². The maximum absolute atomic E-state index is 12.3. The van der Waals surface area contributed by atoms with E-state index in [-0.39, 0.29) is 11.4 Å². The molecule has 0 unspecified atom stereocenters. The highest BCUT2D eigenvalue weighted by molar-refractivity contribution is 5.78. The summed E-state index contributed by atoms with van der Waals surface area (Å²) in [6.07, 6.45) is 11.7. The van der Waals surface area contributed by atoms with Crippen LogP contribution in [0.3, 0.4) is 0 Å². The van der Waals surface area contributed by atoms with Crippen molar-refractivity contribution in [2.24, 2.45) is 0 Å². The Morgan fingerprint density at radius 2 is 1.97 bits per heavy atom. The van der Waals surface area contributed by atoms with Crippen molar-refractivity contribution in [3.8, 4) is 5.75 Å². The Balaban J connectivity index is 1.33. The van der Waals surface area contributed by atoms with Gasteiger partial charge in [-0.25, -0.2) is 0 Å². The lowest BCUT2D eigenvalue weighted by Crippen LogP contribution is -2.56. The molecule has 5 nitrogen and oxygen atoms in total. The first-order chi connectivity index (χ1) is 14.7. The van der Waals surface area contributed by atoms with Crippen molar-refractivity contribution >= 4 is 5.91 Å². The van der Waals surface area contributed by atoms with Gasteiger partial charge in [-0.05, 0) is 73.9 Å². The van der Waals surface area contributed by atoms with Crippen LogP contribution in [0.15, 0.2) is 48.8 Å². The second-order valence-corrected chi connectivity index (χ2v) is 9.23. The number of hydrogen-bond acceptors (Lipinski definition) is 4. The van der Waals surface area contributed by atoms with E-state index in [0.717, 1.165) is 38.2 Å². The van der Waals surface area contributed by atoms with Crippen LogP contribution in [-0.4, -0.2) is 40.5 Å². The number of hydrogen-bond donors (Lipinski definition) is 1. The van der Waals surface area contributed by atoms with Gasteiger partial charge in [0.05, 0.1) is 11.6 Å². The van der Waals surface area contributed by atoms with Crippen LogP contribution in [0.4, 0.5) is 0 Å². The van der Waals surface area contributed by atoms with Crippen LogP contribution in [0.1, 0.15) is 62.0 Å². The van der Waals surface area contributed by atoms with E-state index in [1.807, 2.05) is 12.4 Å². The maximum Gasteiger partial charge on any atom is 0.220 e. The SMILES string of the molecule is O=C1CCC[C@]2(CN(Cc3cccc(OC4CCCC4)c3)C[C@H]2c2ccncc2)N1. The quantitative estimate of drug-likeness (QED) is 0.816. The molecule has 0 radical (unpaired) electrons. The van der Waals surface area contributed by atoms with E-state index in [4.69, 9.17) is 4.74 Å². The Hall–Kier alpha value is -2.40. The largest absolute Gasteiger partial charge is 0.490 e. The number of likely N-dealkylation sites (tertiary alicyclic amines) is 1. The molecule has 2 saturated heterocycles. The summed E-state index contributed by atoms with van der Waals surface area (Å²) >= 11 is 0. The monoisotopic (exact) mass is 405 g/mol. The Morgan fingerprint density at radius 1 is 1.13 bits per heavy atom. The highest BCUT2D eigenvalue weighted by Gasteiger charge is 2.49. The smallest absolute Gasteiger partial charge is 0.220 e. The number of ether oxygens (including phenoxy) is 1. The van der Waals surface area contributed by atoms with Crippen LogP contribution >= 0.6 is 0 Å². The van der Waals surface area contributed by atoms with Gasteiger partial charge in [-0.1, -0.05) is 12.1 Å². The van der Waals surface area contributed by atoms with E-state index in [1.165, 1.54) is 36.8 Å². The number of nitrogens with zero attached hydrogens (tertiary/aromatic N) is 2. The molecule has 0 bridgehead atoms. The lowest BCUT2D eigenvalue weighted by molar-refractivity contribution is -0.125. The normalized spacial score (nSPS) is 27.5. The third kappa shape index (κ3) is 4.08. The zero-order chi connectivity index (χ0) is 20.4. The summed E-state index contributed by atoms with van der Waals surface area (Å²) in [7, 11) is 0. The van der Waals surface area contributed by atoms with Gasteiger partial charge < -0.3 is 10.1 Å². The number of carbonyl (C=O) groups is 1. The number of amides is 1. The van der Waals surface area contributed by atoms with Crippen LogP contribution < -0.4 is 10.1 Å². The Morgan fingerprint density at radius 3 is 2.77 bits per heavy atom. The average molecular weight is 406 g/mol. The number of pyridine rings is 1. The summed E-state index contributed by atoms with van der Waals surface area (Å²) in [5.74, 6) is 1.47. The number of carbonyl (C=O) groups excluding carboxylic acids is 1. The van der Waals surface area contributed by atoms with Crippen LogP contribution in [0.5, 0.6) is 5.75 Å². The van der Waals surface area contributed by atoms with Gasteiger partial charge in [0.1, 0.15) is 5.75 Å². The standard InChI is InChI=1S/C25H31N3O2/c29-24-9-4-12-25(27-24)18-28(17-23(25)20-10-13-26-14-11-20)16-19-5-3-8-22(15-19)30-21-6-1-2-7-21/h3,5,8,10-11,13-15,21,23H,1-2,4,6-7,9,12,16-18H2,(H,27,29)/t23-,25+/m0/s1. The fourth-order valence-electron chi connectivity index (χ4n) is 5.67. The van der Waals surface area contributed by atoms with Gasteiger partial charge in [-0.2, -0.15) is 0 Å². The van der Waals surface area contributed by atoms with Crippen LogP contribution in [0.25, 0.3) is 0 Å². The van der Waals surface area contributed by atoms with Gasteiger partial charge in [0, 0.05) is 44.4 Å². The summed E-state index contributed by atoms with van der Waals surface area (Å²) in [5.41, 5.74) is 2.38. The van der Waals surface area contributed by atoms with Crippen LogP contribution in [-0.2, 0) is 11.3 Å². The molecule has 1 N–H and O–H groups in total. The van der Waals surface area contributed by atoms with Gasteiger partial charge in [-0.3, -0.25) is 14.7 Å². The number of benzene rings is 1. The molecular formula is C25H31N3O2. The molecule has 3 heterocycles. The topological polar surface area (TPSA) is 54.5 Å². The van der Waals surface area contributed by atoms with Crippen LogP contribution in [0, 0.1) is 0 Å². The Bertz CT molecular complexity index is 881. The molecular weight excluding hydrogens is 374 g/mol. The first-order valence-electron chi connectivity index (χ1n) is 11.4. The summed E-state index contributed by atoms with van der Waals surface area (Å²) in [6.45, 7) is 2.71. The summed E-state index contributed by atoms with van der Waals surface area (Å²) < 4.78 is 6.21. The summed E-state index contributed by atoms with van der Waals surface area (Å²) in [4.78, 5) is 19.0. The molecule has 1 saturated carbocycles. The molecule has 1 amide bonds. The zero-order valence-electron chi connectivity index (χ0n) is 17.6. The molecule has 3 aliphatic rings. The van der Waals surface area contributed by atoms with Gasteiger partial charge in [0.25, 0.3) is 0 Å². The lowest BCUT2D eigenvalue weighted by Gasteiger charge is -2.39. The summed E-state index contributed by atoms with van der Waals surface area (Å²) in [6, 6.07) is 12.8. The van der Waals surface area contributed by atoms with Crippen molar-refractivity contribution < 1.29 is 9.53 Å². The molecule has 2 aliphatic heterocycles. The van der Waals surface area contributed by atoms with Crippen LogP contribution in [0.2, 0.25) is 0 Å². The highest BCUT2D eigenvalue weighted by Crippen LogP contribution is 2.41. The van der Waals surface area contributed by atoms with Gasteiger partial charge >= 0.3 is 0 Å². The number of nitrogens with one attached hydrogen (secondary N) is 1. The van der Waals surface area contributed by atoms with E-state index in [1.54, 1.807) is 0 Å². The molecule has 3 fully saturated rings. The first kappa shape index (κ1) is 19.6. The number of rotatable bonds is 5. The summed E-state index contributed by atoms with van der Waals surface area (Å²) in [5, 5.41) is 3.39. The molecule has 30 heavy (non-hydrogen) atoms. The predicted octanol–water partition coefficient (Wildman–Crippen LogP) is 4.04. The molecule has 2 atom stereocenters. The zero-order valence-corrected chi connectivity index (χ0v) is 17.6. The molecule has 1 aliphatic carbocycles. The van der Waals surface area contributed by atoms with E-state index in [9.17, 15) is 4.79 Å². The minimum Gasteiger partial charge on any atom is -0.490 e. The van der Waals surface area contributed by atoms with Gasteiger partial charge in [-0.15, -0.1) is 0 Å². The fourth-order valence-corrected chi connectivity index (χ4v) is 5.67. The molecule has 5 heteroatoms. The molecule has 158 valence electrons. The molecule has 1 aromatic carbocycles. The van der Waals surface area contributed by atoms with Crippen molar-refractivity contribution in [3.05, 3.63) is 59.9 Å². The third-order valence-electron chi connectivity index (χ3n) is 7.05. The maximum atomic E-state index is 12.3. The fraction of sp³-hybridized carbons (Fsp3) is 0.520. The van der Waals surface area contributed by atoms with E-state index >= 15 is 0 Å². The van der Waals surface area contributed by atoms with Gasteiger partial charge in [0.2, 0.25) is 5.91 Å². The number of aromatic nitrogens is 1. The Kier molecular flexibility index (Phi) is 5.47. The minimum absolute atomic E-state index is 0.172. The first-order valence-corrected chi connectivity index (χ1v) is 11.4. The van der Waals surface area contributed by atoms with Crippen molar-refractivity contribution in [2.45, 2.75) is 69.1 Å². The van der Waals surface area contributed by atoms with Crippen molar-refractivity contribution in [2.75, 3.05) is 13.1 Å². The number of piperidine rings is 1. The molecule has 2 aromatic rings. The average Bonchev–Trinajstić information content (AvgIpc) is 3.37. The predicted molar refractivity (Wildman–Crippen MR) is 116 cm³/mol. The van der Waals surface area contributed by atoms with Crippen molar-refractivity contribution in [3.63, 3.8) is 0 Å². The Labute approximate surface area is 178 Å². The van der Waals surface area contributed by atoms with E-state index in [0.29, 0.717) is 18.4 Å². The molecule has 5 rings (SSSR count). The third-order valence-corrected chi connectivity index (χ3v) is 7.05. The van der Waals surface area contributed by atoms with Crippen molar-refractivity contribution in [1.29, 1.82) is 0 Å². The highest BCUT2D eigenvalue weighted by atomic mass is 16.5. The van der Waals surface area contributed by atoms with Crippen molar-refractivity contribution in [1.82, 2.24) is 15.2 Å². The minimum atomic E-state index is -0.172. The molecule has 1 spiro atoms. The van der Waals surface area contributed by atoms with Gasteiger partial charge in [0.15, 0.2) is 0 Å².